The maximum Gasteiger partial charge on any atom is 0.251 e. The molecule has 142 valence electrons. The van der Waals surface area contributed by atoms with E-state index in [0.717, 1.165) is 17.8 Å². The minimum absolute atomic E-state index is 0.00701. The summed E-state index contributed by atoms with van der Waals surface area (Å²) < 4.78 is 1.86. The fourth-order valence-corrected chi connectivity index (χ4v) is 4.09. The first kappa shape index (κ1) is 17.8. The summed E-state index contributed by atoms with van der Waals surface area (Å²) in [5.41, 5.74) is 1.67. The number of aryl methyl sites for hydroxylation is 1. The van der Waals surface area contributed by atoms with E-state index < -0.39 is 0 Å². The predicted octanol–water partition coefficient (Wildman–Crippen LogP) is 3.13. The van der Waals surface area contributed by atoms with Gasteiger partial charge in [-0.05, 0) is 36.5 Å². The van der Waals surface area contributed by atoms with Crippen molar-refractivity contribution in [2.24, 2.45) is 5.92 Å². The number of hydrogen-bond acceptors (Lipinski definition) is 3. The molecule has 2 amide bonds. The zero-order chi connectivity index (χ0) is 18.8. The van der Waals surface area contributed by atoms with E-state index in [-0.39, 0.29) is 17.9 Å². The number of aromatic nitrogens is 2. The van der Waals surface area contributed by atoms with Crippen molar-refractivity contribution < 1.29 is 9.59 Å². The molecule has 1 aliphatic carbocycles. The third kappa shape index (κ3) is 3.75. The average molecular weight is 366 g/mol. The fraction of sp³-hybridized carbons (Fsp3) is 0.476. The Morgan fingerprint density at radius 1 is 1.19 bits per heavy atom. The van der Waals surface area contributed by atoms with Crippen molar-refractivity contribution in [3.05, 3.63) is 47.7 Å². The zero-order valence-corrected chi connectivity index (χ0v) is 15.7. The lowest BCUT2D eigenvalue weighted by Crippen LogP contribution is -2.41. The summed E-state index contributed by atoms with van der Waals surface area (Å²) in [6.45, 7) is 3.34. The summed E-state index contributed by atoms with van der Waals surface area (Å²) in [5.74, 6) is 1.47. The van der Waals surface area contributed by atoms with Crippen LogP contribution in [0.1, 0.15) is 54.9 Å². The Labute approximate surface area is 159 Å². The summed E-state index contributed by atoms with van der Waals surface area (Å²) in [5, 5.41) is 7.44. The van der Waals surface area contributed by atoms with E-state index in [1.54, 1.807) is 11.1 Å². The van der Waals surface area contributed by atoms with Crippen LogP contribution in [0.25, 0.3) is 0 Å². The Morgan fingerprint density at radius 2 is 1.96 bits per heavy atom. The van der Waals surface area contributed by atoms with Crippen LogP contribution in [0.2, 0.25) is 0 Å². The molecule has 0 saturated heterocycles. The highest BCUT2D eigenvalue weighted by atomic mass is 16.2. The van der Waals surface area contributed by atoms with Gasteiger partial charge >= 0.3 is 0 Å². The van der Waals surface area contributed by atoms with Crippen LogP contribution in [0.15, 0.2) is 36.5 Å². The van der Waals surface area contributed by atoms with Crippen LogP contribution < -0.4 is 10.2 Å². The molecule has 27 heavy (non-hydrogen) atoms. The number of anilines is 1. The smallest absolute Gasteiger partial charge is 0.251 e. The lowest BCUT2D eigenvalue weighted by atomic mass is 9.86. The number of hydrogen-bond donors (Lipinski definition) is 1. The van der Waals surface area contributed by atoms with Crippen molar-refractivity contribution in [3.8, 4) is 0 Å². The molecule has 0 spiro atoms. The quantitative estimate of drug-likeness (QED) is 0.904. The zero-order valence-electron chi connectivity index (χ0n) is 15.7. The molecule has 0 bridgehead atoms. The maximum absolute atomic E-state index is 12.6. The fourth-order valence-electron chi connectivity index (χ4n) is 4.09. The highest BCUT2D eigenvalue weighted by Crippen LogP contribution is 2.25. The molecular formula is C21H26N4O2. The summed E-state index contributed by atoms with van der Waals surface area (Å²) in [7, 11) is 0. The molecule has 1 N–H and O–H groups in total. The predicted molar refractivity (Wildman–Crippen MR) is 103 cm³/mol. The van der Waals surface area contributed by atoms with Gasteiger partial charge in [-0.3, -0.25) is 14.5 Å². The monoisotopic (exact) mass is 366 g/mol. The summed E-state index contributed by atoms with van der Waals surface area (Å²) in [6.07, 6.45) is 6.89. The second-order valence-corrected chi connectivity index (χ2v) is 7.68. The van der Waals surface area contributed by atoms with Gasteiger partial charge in [0.25, 0.3) is 5.91 Å². The van der Waals surface area contributed by atoms with Gasteiger partial charge in [0.2, 0.25) is 5.91 Å². The van der Waals surface area contributed by atoms with Gasteiger partial charge < -0.3 is 5.32 Å². The van der Waals surface area contributed by atoms with Crippen LogP contribution in [-0.4, -0.2) is 27.6 Å². The Hall–Kier alpha value is -2.63. The normalized spacial score (nSPS) is 22.4. The molecule has 1 saturated carbocycles. The van der Waals surface area contributed by atoms with Gasteiger partial charge in [-0.15, -0.1) is 0 Å². The Morgan fingerprint density at radius 3 is 2.74 bits per heavy atom. The number of benzene rings is 1. The lowest BCUT2D eigenvalue weighted by Gasteiger charge is -2.29. The minimum Gasteiger partial charge on any atom is -0.349 e. The van der Waals surface area contributed by atoms with E-state index in [4.69, 9.17) is 0 Å². The van der Waals surface area contributed by atoms with Gasteiger partial charge in [0.05, 0.1) is 19.3 Å². The van der Waals surface area contributed by atoms with E-state index in [9.17, 15) is 9.59 Å². The van der Waals surface area contributed by atoms with Crippen molar-refractivity contribution >= 4 is 17.6 Å². The molecule has 1 fully saturated rings. The molecule has 1 aromatic heterocycles. The highest BCUT2D eigenvalue weighted by Gasteiger charge is 2.25. The average Bonchev–Trinajstić information content (AvgIpc) is 3.15. The first-order valence-electron chi connectivity index (χ1n) is 9.84. The molecule has 1 aliphatic heterocycles. The number of carbonyl (C=O) groups is 2. The number of carbonyl (C=O) groups excluding carboxylic acids is 2. The standard InChI is InChI=1S/C21H26N4O2/c1-15-4-2-3-5-18(15)23-21(27)17-8-6-16(7-9-17)14-24-19-10-12-22-25(19)13-11-20(24)26/h6-10,12,15,18H,2-5,11,13-14H2,1H3,(H,23,27)/t15-,18+/m0/s1. The molecule has 2 atom stereocenters. The maximum atomic E-state index is 12.6. The van der Waals surface area contributed by atoms with Crippen molar-refractivity contribution in [2.75, 3.05) is 4.90 Å². The van der Waals surface area contributed by atoms with Gasteiger partial charge in [-0.1, -0.05) is 31.9 Å². The van der Waals surface area contributed by atoms with Crippen molar-refractivity contribution in [1.82, 2.24) is 15.1 Å². The summed E-state index contributed by atoms with van der Waals surface area (Å²) in [6, 6.07) is 9.71. The van der Waals surface area contributed by atoms with Gasteiger partial charge in [0, 0.05) is 24.1 Å². The van der Waals surface area contributed by atoms with Crippen molar-refractivity contribution in [1.29, 1.82) is 0 Å². The largest absolute Gasteiger partial charge is 0.349 e. The Balaban J connectivity index is 1.42. The van der Waals surface area contributed by atoms with E-state index >= 15 is 0 Å². The lowest BCUT2D eigenvalue weighted by molar-refractivity contribution is -0.119. The van der Waals surface area contributed by atoms with Crippen LogP contribution >= 0.6 is 0 Å². The molecular weight excluding hydrogens is 340 g/mol. The molecule has 2 aromatic rings. The van der Waals surface area contributed by atoms with Crippen LogP contribution in [0, 0.1) is 5.92 Å². The van der Waals surface area contributed by atoms with Gasteiger partial charge in [0.1, 0.15) is 5.82 Å². The molecule has 4 rings (SSSR count). The number of nitrogens with one attached hydrogen (secondary N) is 1. The van der Waals surface area contributed by atoms with E-state index in [0.29, 0.717) is 31.0 Å². The summed E-state index contributed by atoms with van der Waals surface area (Å²) >= 11 is 0. The Bertz CT molecular complexity index is 827. The van der Waals surface area contributed by atoms with Gasteiger partial charge in [-0.2, -0.15) is 5.10 Å². The van der Waals surface area contributed by atoms with E-state index in [1.807, 2.05) is 35.0 Å². The van der Waals surface area contributed by atoms with Crippen LogP contribution in [-0.2, 0) is 17.9 Å². The SMILES string of the molecule is C[C@H]1CCCC[C@H]1NC(=O)c1ccc(CN2C(=O)CCn3nccc32)cc1. The van der Waals surface area contributed by atoms with E-state index in [1.165, 1.54) is 19.3 Å². The molecule has 0 radical (unpaired) electrons. The van der Waals surface area contributed by atoms with Crippen molar-refractivity contribution in [2.45, 2.75) is 58.2 Å². The third-order valence-corrected chi connectivity index (χ3v) is 5.79. The molecule has 2 aliphatic rings. The second-order valence-electron chi connectivity index (χ2n) is 7.68. The van der Waals surface area contributed by atoms with Crippen LogP contribution in [0.5, 0.6) is 0 Å². The summed E-state index contributed by atoms with van der Waals surface area (Å²) in [4.78, 5) is 26.6. The third-order valence-electron chi connectivity index (χ3n) is 5.79. The number of fused-ring (bicyclic) bond motifs is 1. The number of rotatable bonds is 4. The van der Waals surface area contributed by atoms with Gasteiger partial charge in [-0.25, -0.2) is 4.68 Å². The van der Waals surface area contributed by atoms with Gasteiger partial charge in [0.15, 0.2) is 0 Å². The highest BCUT2D eigenvalue weighted by molar-refractivity contribution is 5.95. The van der Waals surface area contributed by atoms with E-state index in [2.05, 4.69) is 17.3 Å². The minimum atomic E-state index is -0.00701. The molecule has 6 nitrogen and oxygen atoms in total. The number of amides is 2. The molecule has 0 unspecified atom stereocenters. The molecule has 6 heteroatoms. The van der Waals surface area contributed by atoms with Crippen LogP contribution in [0.4, 0.5) is 5.82 Å². The first-order chi connectivity index (χ1) is 13.1. The number of nitrogens with zero attached hydrogens (tertiary/aromatic N) is 3. The topological polar surface area (TPSA) is 67.2 Å². The Kier molecular flexibility index (Phi) is 4.97. The van der Waals surface area contributed by atoms with Crippen LogP contribution in [0.3, 0.4) is 0 Å². The molecule has 1 aromatic carbocycles. The molecule has 2 heterocycles. The second kappa shape index (κ2) is 7.55. The van der Waals surface area contributed by atoms with Crippen molar-refractivity contribution in [3.63, 3.8) is 0 Å². The first-order valence-corrected chi connectivity index (χ1v) is 9.84.